The maximum absolute atomic E-state index is 12.5. The highest BCUT2D eigenvalue weighted by Crippen LogP contribution is 2.33. The van der Waals surface area contributed by atoms with Crippen LogP contribution in [0.2, 0.25) is 0 Å². The molecule has 1 saturated heterocycles. The maximum atomic E-state index is 12.5. The minimum absolute atomic E-state index is 0. The number of ketones is 4. The van der Waals surface area contributed by atoms with Crippen LogP contribution in [0.4, 0.5) is 8.78 Å². The normalized spacial score (nSPS) is 11.8. The third-order valence-electron chi connectivity index (χ3n) is 16.3. The van der Waals surface area contributed by atoms with Crippen molar-refractivity contribution >= 4 is 152 Å². The summed E-state index contributed by atoms with van der Waals surface area (Å²) in [6.45, 7) is 0. The maximum Gasteiger partial charge on any atom is 0.643 e. The van der Waals surface area contributed by atoms with Gasteiger partial charge < -0.3 is 20.1 Å². The second-order valence-electron chi connectivity index (χ2n) is 25.0. The number of carbonyl (C=O) groups excluding carboxylic acids is 6. The molecule has 1 heterocycles. The van der Waals surface area contributed by atoms with E-state index >= 15 is 0 Å². The van der Waals surface area contributed by atoms with E-state index in [1.807, 2.05) is 109 Å². The van der Waals surface area contributed by atoms with Gasteiger partial charge in [0.05, 0.1) is 35.5 Å². The van der Waals surface area contributed by atoms with E-state index in [2.05, 4.69) is 84.1 Å². The van der Waals surface area contributed by atoms with Crippen LogP contribution in [0.3, 0.4) is 0 Å². The van der Waals surface area contributed by atoms with Crippen molar-refractivity contribution in [3.63, 3.8) is 0 Å². The summed E-state index contributed by atoms with van der Waals surface area (Å²) in [5, 5.41) is 25.5. The van der Waals surface area contributed by atoms with E-state index in [4.69, 9.17) is 45.5 Å². The van der Waals surface area contributed by atoms with Crippen molar-refractivity contribution < 1.29 is 80.4 Å². The zero-order valence-corrected chi connectivity index (χ0v) is 70.2. The highest BCUT2D eigenvalue weighted by atomic mass is 35.8. The van der Waals surface area contributed by atoms with Gasteiger partial charge >= 0.3 is 41.2 Å². The molecule has 11 aromatic rings. The first-order valence-electron chi connectivity index (χ1n) is 36.3. The third kappa shape index (κ3) is 39.4. The number of hydrogen-bond acceptors (Lipinski definition) is 16. The lowest BCUT2D eigenvalue weighted by Gasteiger charge is -2.15. The van der Waals surface area contributed by atoms with Crippen LogP contribution in [0.1, 0.15) is 143 Å². The molecule has 1 aliphatic heterocycles. The van der Waals surface area contributed by atoms with Gasteiger partial charge in [0.15, 0.2) is 23.1 Å². The Kier molecular flexibility index (Phi) is 45.4. The molecular formula is C91H86AlCl3F2O15S5. The van der Waals surface area contributed by atoms with E-state index < -0.39 is 56.9 Å². The first-order valence-corrected chi connectivity index (χ1v) is 45.9. The van der Waals surface area contributed by atoms with Crippen molar-refractivity contribution in [1.82, 2.24) is 0 Å². The highest BCUT2D eigenvalue weighted by molar-refractivity contribution is 8.00. The number of thiol groups is 1. The summed E-state index contributed by atoms with van der Waals surface area (Å²) in [6, 6.07) is 88.3. The van der Waals surface area contributed by atoms with Crippen molar-refractivity contribution in [2.75, 3.05) is 0 Å². The smallest absolute Gasteiger partial charge is 0.481 e. The molecule has 15 nitrogen and oxygen atoms in total. The van der Waals surface area contributed by atoms with Gasteiger partial charge in [-0.3, -0.25) is 43.2 Å². The topological polar surface area (TPSA) is 258 Å². The molecule has 3 aliphatic rings. The number of carbonyl (C=O) groups is 9. The second kappa shape index (κ2) is 54.3. The molecule has 3 N–H and O–H groups in total. The Labute approximate surface area is 716 Å². The molecule has 0 radical (unpaired) electrons. The number of ether oxygens (including phenoxy) is 1. The van der Waals surface area contributed by atoms with E-state index in [9.17, 15) is 60.3 Å². The van der Waals surface area contributed by atoms with Crippen LogP contribution in [0.25, 0.3) is 0 Å². The number of aliphatic carboxylic acids is 3. The predicted molar refractivity (Wildman–Crippen MR) is 464 cm³/mol. The van der Waals surface area contributed by atoms with Crippen molar-refractivity contribution in [2.45, 2.75) is 148 Å². The number of Topliss-reactive ketones (excluding diaryl/α,β-unsaturated/α-hetero) is 4. The number of halogens is 5. The third-order valence-corrected chi connectivity index (χ3v) is 21.4. The summed E-state index contributed by atoms with van der Waals surface area (Å²) in [4.78, 5) is 106. The number of benzene rings is 11. The number of rotatable bonds is 20. The molecule has 1 fully saturated rings. The van der Waals surface area contributed by atoms with Gasteiger partial charge in [-0.25, -0.2) is 47.3 Å². The lowest BCUT2D eigenvalue weighted by Crippen LogP contribution is -2.12. The van der Waals surface area contributed by atoms with E-state index in [0.29, 0.717) is 41.7 Å². The SMILES string of the molecule is C.Fc1ccccc1.O=C(O)CCC(=O)c1ccc(F)cc1.O=C(O)CCC(=O)c1ccc(Sc2ccccc2)cc1.O=C(O)CCCc1ccc(Sc2ccccc2)cc1.O=C1CCC(=O)O1.O=C1CCCc2ccc(S(=O)(=O)c3ccccc3)cc21.O=C1CCCc2ccc(Sc3ccccc3)cc21.Sc1ccccc1.[Cl][Al]([Cl])[Cl]. The number of carboxylic acid groups (broad SMARTS) is 3. The fourth-order valence-corrected chi connectivity index (χ4v) is 14.6. The van der Waals surface area contributed by atoms with E-state index in [0.717, 1.165) is 62.8 Å². The number of cyclic esters (lactones) is 2. The largest absolute Gasteiger partial charge is 0.643 e. The van der Waals surface area contributed by atoms with Gasteiger partial charge in [0.25, 0.3) is 0 Å². The van der Waals surface area contributed by atoms with Gasteiger partial charge in [-0.05, 0) is 201 Å². The minimum Gasteiger partial charge on any atom is -0.481 e. The van der Waals surface area contributed by atoms with Gasteiger partial charge in [-0.1, -0.05) is 188 Å². The Morgan fingerprint density at radius 3 is 1.11 bits per heavy atom. The summed E-state index contributed by atoms with van der Waals surface area (Å²) < 4.78 is 53.5. The van der Waals surface area contributed by atoms with Gasteiger partial charge in [0, 0.05) is 88.6 Å². The Hall–Kier alpha value is -9.74. The van der Waals surface area contributed by atoms with Crippen molar-refractivity contribution in [1.29, 1.82) is 0 Å². The zero-order chi connectivity index (χ0) is 84.0. The lowest BCUT2D eigenvalue weighted by atomic mass is 9.91. The number of carboxylic acids is 3. The zero-order valence-electron chi connectivity index (χ0n) is 62.6. The standard InChI is InChI=1S/2C16H14O3S.C16H16O2S.C16H14OS.C10H9FO3.C6H5F.C6H6S.C4H4O3.CH4.Al.3ClH/c17-16-8-4-5-12-9-10-14(11-15(12)16)20(18,19)13-6-2-1-3-7-13;17-15(10-11-16(18)19)12-6-8-14(9-7-12)20-13-4-2-1-3-5-13;17-16(18)8-4-5-13-9-11-15(12-10-13)19-14-6-2-1-3-7-14;17-16-8-4-5-12-9-10-14(11-15(12)16)18-13-6-2-1-3-7-13;11-8-3-1-7(2-4-8)9(12)5-6-10(13)14;2*7-6-4-2-1-3-5-6;5-3-1-2-4(6)7-3;;;;;/h1-3,6-7,9-11H,4-5,8H2;1-9H,10-11H2,(H,18,19);1-3,6-7,9-12H,4-5,8H2,(H,17,18);1-3,6-7,9-11H,4-5,8H2;1-4H,5-6H2,(H,13,14);1-5H;1-5,7H;1-2H2;1H4;;3*1H/q;;;;;;;;;+3;;;/p-3. The Balaban J connectivity index is 0.000000243. The molecule has 117 heavy (non-hydrogen) atoms. The van der Waals surface area contributed by atoms with E-state index in [1.165, 1.54) is 68.3 Å². The van der Waals surface area contributed by atoms with Gasteiger partial charge in [-0.2, -0.15) is 0 Å². The highest BCUT2D eigenvalue weighted by Gasteiger charge is 2.24. The monoisotopic (exact) mass is 1750 g/mol. The molecule has 0 atom stereocenters. The van der Waals surface area contributed by atoms with Gasteiger partial charge in [0.2, 0.25) is 9.84 Å². The van der Waals surface area contributed by atoms with Crippen LogP contribution in [0.15, 0.2) is 335 Å². The van der Waals surface area contributed by atoms with Crippen LogP contribution in [-0.4, -0.2) is 88.1 Å². The van der Waals surface area contributed by atoms with Crippen LogP contribution in [0.5, 0.6) is 0 Å². The molecule has 2 aliphatic carbocycles. The molecule has 0 amide bonds. The number of aryl methyl sites for hydroxylation is 3. The van der Waals surface area contributed by atoms with E-state index in [1.54, 1.807) is 108 Å². The summed E-state index contributed by atoms with van der Waals surface area (Å²) in [7, 11) is 11.3. The fraction of sp³-hybridized carbons (Fsp3) is 0.176. The first-order chi connectivity index (χ1) is 55.7. The summed E-state index contributed by atoms with van der Waals surface area (Å²) in [5.74, 6) is -4.16. The Bertz CT molecular complexity index is 5000. The van der Waals surface area contributed by atoms with Crippen LogP contribution < -0.4 is 0 Å². The second-order valence-corrected chi connectivity index (χ2v) is 37.4. The predicted octanol–water partition coefficient (Wildman–Crippen LogP) is 23.4. The summed E-state index contributed by atoms with van der Waals surface area (Å²) >= 11 is 7.42. The molecule has 11 aromatic carbocycles. The molecule has 608 valence electrons. The molecule has 26 heteroatoms. The van der Waals surface area contributed by atoms with Crippen LogP contribution in [-0.2, 0) is 57.8 Å². The van der Waals surface area contributed by atoms with Crippen molar-refractivity contribution in [3.05, 3.63) is 342 Å². The van der Waals surface area contributed by atoms with Crippen molar-refractivity contribution in [3.8, 4) is 0 Å². The number of hydrogen-bond donors (Lipinski definition) is 4. The summed E-state index contributed by atoms with van der Waals surface area (Å²) in [6.07, 6.45) is 6.87. The number of fused-ring (bicyclic) bond motifs is 2. The average molecular weight is 1750 g/mol. The molecule has 0 saturated carbocycles. The van der Waals surface area contributed by atoms with E-state index in [-0.39, 0.29) is 85.3 Å². The van der Waals surface area contributed by atoms with Crippen LogP contribution in [0, 0.1) is 11.6 Å². The Morgan fingerprint density at radius 1 is 0.393 bits per heavy atom. The van der Waals surface area contributed by atoms with Crippen molar-refractivity contribution in [2.24, 2.45) is 0 Å². The van der Waals surface area contributed by atoms with Crippen LogP contribution >= 0.6 is 78.1 Å². The summed E-state index contributed by atoms with van der Waals surface area (Å²) in [5.41, 5.74) is 5.75. The molecule has 14 rings (SSSR count). The minimum atomic E-state index is -3.55. The average Bonchev–Trinajstić information content (AvgIpc) is 0.939. The fourth-order valence-electron chi connectivity index (χ4n) is 10.6. The molecule has 0 unspecified atom stereocenters. The quantitative estimate of drug-likeness (QED) is 0.0182. The molecule has 0 spiro atoms. The van der Waals surface area contributed by atoms with Gasteiger partial charge in [0.1, 0.15) is 11.6 Å². The number of sulfone groups is 1. The molecular weight excluding hydrogens is 1660 g/mol. The van der Waals surface area contributed by atoms with Gasteiger partial charge in [-0.15, -0.1) is 12.6 Å². The number of esters is 2. The molecule has 0 bridgehead atoms. The lowest BCUT2D eigenvalue weighted by molar-refractivity contribution is -0.152. The first kappa shape index (κ1) is 97.8. The Morgan fingerprint density at radius 2 is 0.735 bits per heavy atom. The molecule has 0 aromatic heterocycles.